The lowest BCUT2D eigenvalue weighted by Crippen LogP contribution is -2.48. The van der Waals surface area contributed by atoms with Crippen LogP contribution in [-0.4, -0.2) is 60.2 Å². The van der Waals surface area contributed by atoms with Crippen LogP contribution in [0.5, 0.6) is 0 Å². The highest BCUT2D eigenvalue weighted by Crippen LogP contribution is 2.28. The van der Waals surface area contributed by atoms with Crippen molar-refractivity contribution in [2.24, 2.45) is 0 Å². The van der Waals surface area contributed by atoms with Gasteiger partial charge in [-0.2, -0.15) is 0 Å². The first-order valence-electron chi connectivity index (χ1n) is 8.52. The number of piperidine rings is 1. The summed E-state index contributed by atoms with van der Waals surface area (Å²) in [4.78, 5) is 15.6. The predicted octanol–water partition coefficient (Wildman–Crippen LogP) is 2.85. The van der Waals surface area contributed by atoms with E-state index in [1.807, 2.05) is 6.92 Å². The van der Waals surface area contributed by atoms with Crippen molar-refractivity contribution in [2.45, 2.75) is 32.4 Å². The zero-order chi connectivity index (χ0) is 17.1. The van der Waals surface area contributed by atoms with Gasteiger partial charge in [0.15, 0.2) is 0 Å². The van der Waals surface area contributed by atoms with Crippen molar-refractivity contribution in [3.63, 3.8) is 0 Å². The van der Waals surface area contributed by atoms with E-state index in [1.165, 1.54) is 6.07 Å². The summed E-state index contributed by atoms with van der Waals surface area (Å²) >= 11 is 6.16. The Morgan fingerprint density at radius 1 is 1.25 bits per heavy atom. The van der Waals surface area contributed by atoms with E-state index in [0.29, 0.717) is 11.1 Å². The highest BCUT2D eigenvalue weighted by Gasteiger charge is 2.26. The van der Waals surface area contributed by atoms with Crippen molar-refractivity contribution in [3.05, 3.63) is 38.4 Å². The second kappa shape index (κ2) is 7.78. The largest absolute Gasteiger partial charge is 0.379 e. The van der Waals surface area contributed by atoms with Gasteiger partial charge in [-0.25, -0.2) is 0 Å². The molecule has 2 saturated heterocycles. The van der Waals surface area contributed by atoms with Gasteiger partial charge < -0.3 is 4.74 Å². The molecule has 0 spiro atoms. The molecule has 0 atom stereocenters. The molecule has 6 nitrogen and oxygen atoms in total. The standard InChI is InChI=1S/C17H24ClN3O3/c1-13-14(10-16(21(22)23)11-17(13)18)12-19-4-2-15(3-5-19)20-6-8-24-9-7-20/h10-11,15H,2-9,12H2,1H3. The van der Waals surface area contributed by atoms with E-state index in [-0.39, 0.29) is 10.6 Å². The minimum Gasteiger partial charge on any atom is -0.379 e. The number of nitro groups is 1. The van der Waals surface area contributed by atoms with E-state index in [0.717, 1.165) is 69.9 Å². The van der Waals surface area contributed by atoms with E-state index in [4.69, 9.17) is 16.3 Å². The second-order valence-corrected chi connectivity index (χ2v) is 7.03. The summed E-state index contributed by atoms with van der Waals surface area (Å²) < 4.78 is 5.43. The van der Waals surface area contributed by atoms with Gasteiger partial charge in [0.1, 0.15) is 0 Å². The number of non-ortho nitro benzene ring substituents is 1. The number of morpholine rings is 1. The molecule has 7 heteroatoms. The van der Waals surface area contributed by atoms with E-state index in [9.17, 15) is 10.1 Å². The first kappa shape index (κ1) is 17.6. The van der Waals surface area contributed by atoms with Crippen LogP contribution in [0.25, 0.3) is 0 Å². The molecule has 0 amide bonds. The van der Waals surface area contributed by atoms with Gasteiger partial charge in [-0.1, -0.05) is 11.6 Å². The third kappa shape index (κ3) is 4.06. The van der Waals surface area contributed by atoms with Crippen molar-refractivity contribution in [2.75, 3.05) is 39.4 Å². The summed E-state index contributed by atoms with van der Waals surface area (Å²) in [6.45, 7) is 8.43. The van der Waals surface area contributed by atoms with Gasteiger partial charge in [0, 0.05) is 37.8 Å². The summed E-state index contributed by atoms with van der Waals surface area (Å²) in [6.07, 6.45) is 2.28. The molecule has 0 N–H and O–H groups in total. The number of likely N-dealkylation sites (tertiary alicyclic amines) is 1. The zero-order valence-corrected chi connectivity index (χ0v) is 14.8. The molecular formula is C17H24ClN3O3. The van der Waals surface area contributed by atoms with Crippen LogP contribution in [0.2, 0.25) is 5.02 Å². The third-order valence-electron chi connectivity index (χ3n) is 5.16. The van der Waals surface area contributed by atoms with Crippen LogP contribution in [0.4, 0.5) is 5.69 Å². The summed E-state index contributed by atoms with van der Waals surface area (Å²) in [5, 5.41) is 11.5. The van der Waals surface area contributed by atoms with Crippen LogP contribution < -0.4 is 0 Å². The molecule has 2 fully saturated rings. The van der Waals surface area contributed by atoms with Gasteiger partial charge in [-0.05, 0) is 44.0 Å². The lowest BCUT2D eigenvalue weighted by atomic mass is 10.0. The van der Waals surface area contributed by atoms with E-state index in [2.05, 4.69) is 9.80 Å². The fourth-order valence-electron chi connectivity index (χ4n) is 3.62. The van der Waals surface area contributed by atoms with E-state index in [1.54, 1.807) is 6.07 Å². The minimum atomic E-state index is -0.376. The molecule has 0 aliphatic carbocycles. The Labute approximate surface area is 147 Å². The molecule has 0 bridgehead atoms. The summed E-state index contributed by atoms with van der Waals surface area (Å²) in [7, 11) is 0. The van der Waals surface area contributed by atoms with Gasteiger partial charge in [0.2, 0.25) is 0 Å². The number of ether oxygens (including phenoxy) is 1. The summed E-state index contributed by atoms with van der Waals surface area (Å²) in [5.41, 5.74) is 1.97. The van der Waals surface area contributed by atoms with Gasteiger partial charge in [0.25, 0.3) is 5.69 Å². The molecule has 1 aromatic carbocycles. The maximum absolute atomic E-state index is 11.0. The van der Waals surface area contributed by atoms with Crippen molar-refractivity contribution < 1.29 is 9.66 Å². The van der Waals surface area contributed by atoms with E-state index < -0.39 is 0 Å². The number of hydrogen-bond donors (Lipinski definition) is 0. The predicted molar refractivity (Wildman–Crippen MR) is 93.5 cm³/mol. The number of rotatable bonds is 4. The molecule has 24 heavy (non-hydrogen) atoms. The lowest BCUT2D eigenvalue weighted by molar-refractivity contribution is -0.384. The van der Waals surface area contributed by atoms with Crippen molar-refractivity contribution in [3.8, 4) is 0 Å². The minimum absolute atomic E-state index is 0.0730. The molecule has 2 heterocycles. The van der Waals surface area contributed by atoms with Crippen LogP contribution in [0, 0.1) is 17.0 Å². The highest BCUT2D eigenvalue weighted by atomic mass is 35.5. The van der Waals surface area contributed by atoms with Gasteiger partial charge in [-0.3, -0.25) is 19.9 Å². The molecule has 2 aliphatic rings. The van der Waals surface area contributed by atoms with E-state index >= 15 is 0 Å². The lowest BCUT2D eigenvalue weighted by Gasteiger charge is -2.40. The monoisotopic (exact) mass is 353 g/mol. The summed E-state index contributed by atoms with van der Waals surface area (Å²) in [5.74, 6) is 0. The van der Waals surface area contributed by atoms with Crippen LogP contribution in [0.3, 0.4) is 0 Å². The SMILES string of the molecule is Cc1c(Cl)cc([N+](=O)[O-])cc1CN1CCC(N2CCOCC2)CC1. The quantitative estimate of drug-likeness (QED) is 0.615. The first-order chi connectivity index (χ1) is 11.5. The van der Waals surface area contributed by atoms with Crippen LogP contribution in [0.15, 0.2) is 12.1 Å². The first-order valence-corrected chi connectivity index (χ1v) is 8.90. The number of hydrogen-bond acceptors (Lipinski definition) is 5. The number of benzene rings is 1. The topological polar surface area (TPSA) is 58.9 Å². The fraction of sp³-hybridized carbons (Fsp3) is 0.647. The molecule has 1 aromatic rings. The molecule has 2 aliphatic heterocycles. The Kier molecular flexibility index (Phi) is 5.71. The molecular weight excluding hydrogens is 330 g/mol. The molecule has 0 saturated carbocycles. The highest BCUT2D eigenvalue weighted by molar-refractivity contribution is 6.31. The van der Waals surface area contributed by atoms with Crippen LogP contribution in [0.1, 0.15) is 24.0 Å². The second-order valence-electron chi connectivity index (χ2n) is 6.62. The maximum atomic E-state index is 11.0. The molecule has 3 rings (SSSR count). The maximum Gasteiger partial charge on any atom is 0.271 e. The molecule has 0 radical (unpaired) electrons. The van der Waals surface area contributed by atoms with Crippen molar-refractivity contribution in [1.29, 1.82) is 0 Å². The average molecular weight is 354 g/mol. The number of nitro benzene ring substituents is 1. The van der Waals surface area contributed by atoms with Crippen LogP contribution >= 0.6 is 11.6 Å². The van der Waals surface area contributed by atoms with Crippen molar-refractivity contribution in [1.82, 2.24) is 9.80 Å². The van der Waals surface area contributed by atoms with Crippen molar-refractivity contribution >= 4 is 17.3 Å². The Hall–Kier alpha value is -1.21. The summed E-state index contributed by atoms with van der Waals surface area (Å²) in [6, 6.07) is 3.74. The number of nitrogens with zero attached hydrogens (tertiary/aromatic N) is 3. The smallest absolute Gasteiger partial charge is 0.271 e. The van der Waals surface area contributed by atoms with Gasteiger partial charge in [0.05, 0.1) is 23.2 Å². The molecule has 0 aromatic heterocycles. The Balaban J connectivity index is 1.60. The fourth-order valence-corrected chi connectivity index (χ4v) is 3.85. The van der Waals surface area contributed by atoms with Gasteiger partial charge in [-0.15, -0.1) is 0 Å². The normalized spacial score (nSPS) is 21.1. The molecule has 0 unspecified atom stereocenters. The average Bonchev–Trinajstić information content (AvgIpc) is 2.60. The Morgan fingerprint density at radius 3 is 2.54 bits per heavy atom. The third-order valence-corrected chi connectivity index (χ3v) is 5.55. The Bertz CT molecular complexity index is 597. The zero-order valence-electron chi connectivity index (χ0n) is 14.0. The Morgan fingerprint density at radius 2 is 1.92 bits per heavy atom. The number of halogens is 1. The van der Waals surface area contributed by atoms with Crippen LogP contribution in [-0.2, 0) is 11.3 Å². The molecule has 132 valence electrons. The van der Waals surface area contributed by atoms with Gasteiger partial charge >= 0.3 is 0 Å².